The molecule has 20 heavy (non-hydrogen) atoms. The van der Waals surface area contributed by atoms with Gasteiger partial charge in [-0.1, -0.05) is 13.8 Å². The predicted molar refractivity (Wildman–Crippen MR) is 79.5 cm³/mol. The Hall–Kier alpha value is -1.69. The van der Waals surface area contributed by atoms with Gasteiger partial charge >= 0.3 is 0 Å². The summed E-state index contributed by atoms with van der Waals surface area (Å²) in [6, 6.07) is 0. The van der Waals surface area contributed by atoms with E-state index < -0.39 is 0 Å². The van der Waals surface area contributed by atoms with Gasteiger partial charge in [-0.2, -0.15) is 0 Å². The number of nitrogens with one attached hydrogen (secondary N) is 1. The summed E-state index contributed by atoms with van der Waals surface area (Å²) in [5, 5.41) is 6.05. The number of imidazole rings is 1. The highest BCUT2D eigenvalue weighted by Crippen LogP contribution is 2.18. The van der Waals surface area contributed by atoms with Crippen molar-refractivity contribution in [1.82, 2.24) is 19.9 Å². The molecule has 2 rings (SSSR count). The molecule has 2 aromatic rings. The van der Waals surface area contributed by atoms with Gasteiger partial charge in [0.15, 0.2) is 0 Å². The Morgan fingerprint density at radius 3 is 3.00 bits per heavy atom. The number of carbonyl (C=O) groups is 1. The quantitative estimate of drug-likeness (QED) is 0.853. The molecule has 2 aromatic heterocycles. The van der Waals surface area contributed by atoms with E-state index in [-0.39, 0.29) is 5.91 Å². The lowest BCUT2D eigenvalue weighted by molar-refractivity contribution is -0.121. The van der Waals surface area contributed by atoms with E-state index in [0.29, 0.717) is 18.9 Å². The molecule has 1 N–H and O–H groups in total. The van der Waals surface area contributed by atoms with Crippen molar-refractivity contribution in [3.05, 3.63) is 34.8 Å². The van der Waals surface area contributed by atoms with Crippen LogP contribution in [0.15, 0.2) is 24.1 Å². The summed E-state index contributed by atoms with van der Waals surface area (Å²) in [5.74, 6) is 0.517. The molecular weight excluding hydrogens is 272 g/mol. The normalized spacial score (nSPS) is 10.9. The van der Waals surface area contributed by atoms with Crippen LogP contribution in [-0.2, 0) is 17.9 Å². The van der Waals surface area contributed by atoms with Crippen molar-refractivity contribution in [2.75, 3.05) is 0 Å². The van der Waals surface area contributed by atoms with Crippen molar-refractivity contribution < 1.29 is 4.79 Å². The van der Waals surface area contributed by atoms with Crippen LogP contribution in [-0.4, -0.2) is 20.4 Å². The zero-order chi connectivity index (χ0) is 14.4. The van der Waals surface area contributed by atoms with Gasteiger partial charge in [0.1, 0.15) is 0 Å². The lowest BCUT2D eigenvalue weighted by Gasteiger charge is -2.04. The Morgan fingerprint density at radius 2 is 2.35 bits per heavy atom. The molecule has 1 amide bonds. The first kappa shape index (κ1) is 14.7. The van der Waals surface area contributed by atoms with Gasteiger partial charge in [0.05, 0.1) is 23.6 Å². The van der Waals surface area contributed by atoms with E-state index in [0.717, 1.165) is 23.7 Å². The Kier molecular flexibility index (Phi) is 5.29. The monoisotopic (exact) mass is 292 g/mol. The molecule has 0 spiro atoms. The molecule has 0 unspecified atom stereocenters. The van der Waals surface area contributed by atoms with E-state index in [9.17, 15) is 4.79 Å². The van der Waals surface area contributed by atoms with Crippen LogP contribution in [0.4, 0.5) is 0 Å². The molecule has 0 fully saturated rings. The first-order chi connectivity index (χ1) is 9.65. The average molecular weight is 292 g/mol. The molecule has 0 saturated carbocycles. The van der Waals surface area contributed by atoms with Crippen LogP contribution in [0.25, 0.3) is 0 Å². The zero-order valence-corrected chi connectivity index (χ0v) is 12.7. The standard InChI is InChI=1S/C14H20N4OS/c1-11(2)14-17-12(9-20-14)8-16-13(19)4-3-6-18-7-5-15-10-18/h5,7,9-11H,3-4,6,8H2,1-2H3,(H,16,19). The zero-order valence-electron chi connectivity index (χ0n) is 11.9. The molecule has 0 saturated heterocycles. The number of carbonyl (C=O) groups excluding carboxylic acids is 1. The van der Waals surface area contributed by atoms with E-state index in [1.54, 1.807) is 23.9 Å². The van der Waals surface area contributed by atoms with Crippen LogP contribution in [0.3, 0.4) is 0 Å². The maximum atomic E-state index is 11.7. The van der Waals surface area contributed by atoms with Crippen LogP contribution >= 0.6 is 11.3 Å². The van der Waals surface area contributed by atoms with Gasteiger partial charge in [-0.25, -0.2) is 9.97 Å². The number of nitrogens with zero attached hydrogens (tertiary/aromatic N) is 3. The predicted octanol–water partition coefficient (Wildman–Crippen LogP) is 2.56. The van der Waals surface area contributed by atoms with E-state index in [1.165, 1.54) is 0 Å². The smallest absolute Gasteiger partial charge is 0.220 e. The molecule has 0 bridgehead atoms. The molecule has 0 aliphatic heterocycles. The lowest BCUT2D eigenvalue weighted by atomic mass is 10.2. The average Bonchev–Trinajstić information content (AvgIpc) is 3.07. The number of aromatic nitrogens is 3. The van der Waals surface area contributed by atoms with Crippen LogP contribution in [0.5, 0.6) is 0 Å². The molecule has 0 radical (unpaired) electrons. The molecular formula is C14H20N4OS. The van der Waals surface area contributed by atoms with Gasteiger partial charge in [0.2, 0.25) is 5.91 Å². The van der Waals surface area contributed by atoms with Gasteiger partial charge < -0.3 is 9.88 Å². The van der Waals surface area contributed by atoms with Crippen molar-refractivity contribution in [2.45, 2.75) is 45.7 Å². The Morgan fingerprint density at radius 1 is 1.50 bits per heavy atom. The third-order valence-electron chi connectivity index (χ3n) is 2.91. The minimum Gasteiger partial charge on any atom is -0.350 e. The number of hydrogen-bond acceptors (Lipinski definition) is 4. The third kappa shape index (κ3) is 4.45. The molecule has 0 atom stereocenters. The molecule has 2 heterocycles. The maximum absolute atomic E-state index is 11.7. The first-order valence-corrected chi connectivity index (χ1v) is 7.70. The van der Waals surface area contributed by atoms with E-state index in [4.69, 9.17) is 0 Å². The molecule has 0 aromatic carbocycles. The van der Waals surface area contributed by atoms with Crippen molar-refractivity contribution >= 4 is 17.2 Å². The van der Waals surface area contributed by atoms with Gasteiger partial charge in [0.25, 0.3) is 0 Å². The van der Waals surface area contributed by atoms with Crippen LogP contribution in [0.2, 0.25) is 0 Å². The van der Waals surface area contributed by atoms with Gasteiger partial charge in [0, 0.05) is 36.7 Å². The largest absolute Gasteiger partial charge is 0.350 e. The molecule has 6 heteroatoms. The summed E-state index contributed by atoms with van der Waals surface area (Å²) in [6.45, 7) is 5.59. The lowest BCUT2D eigenvalue weighted by Crippen LogP contribution is -2.23. The van der Waals surface area contributed by atoms with Gasteiger partial charge in [-0.15, -0.1) is 11.3 Å². The second kappa shape index (κ2) is 7.19. The summed E-state index contributed by atoms with van der Waals surface area (Å²) in [4.78, 5) is 20.2. The fourth-order valence-corrected chi connectivity index (χ4v) is 2.62. The van der Waals surface area contributed by atoms with Crippen molar-refractivity contribution in [3.63, 3.8) is 0 Å². The minimum absolute atomic E-state index is 0.0733. The van der Waals surface area contributed by atoms with E-state index in [1.807, 2.05) is 16.1 Å². The second-order valence-electron chi connectivity index (χ2n) is 5.01. The van der Waals surface area contributed by atoms with Crippen molar-refractivity contribution in [1.29, 1.82) is 0 Å². The van der Waals surface area contributed by atoms with E-state index >= 15 is 0 Å². The highest BCUT2D eigenvalue weighted by molar-refractivity contribution is 7.09. The van der Waals surface area contributed by atoms with Crippen LogP contribution < -0.4 is 5.32 Å². The maximum Gasteiger partial charge on any atom is 0.220 e. The fourth-order valence-electron chi connectivity index (χ4n) is 1.79. The third-order valence-corrected chi connectivity index (χ3v) is 4.10. The van der Waals surface area contributed by atoms with Gasteiger partial charge in [-0.05, 0) is 6.42 Å². The summed E-state index contributed by atoms with van der Waals surface area (Å²) in [5.41, 5.74) is 0.946. The summed E-state index contributed by atoms with van der Waals surface area (Å²) < 4.78 is 1.97. The molecule has 0 aliphatic rings. The first-order valence-electron chi connectivity index (χ1n) is 6.82. The van der Waals surface area contributed by atoms with Gasteiger partial charge in [-0.3, -0.25) is 4.79 Å². The SMILES string of the molecule is CC(C)c1nc(CNC(=O)CCCn2ccnc2)cs1. The molecule has 0 aliphatic carbocycles. The van der Waals surface area contributed by atoms with Crippen molar-refractivity contribution in [3.8, 4) is 0 Å². The summed E-state index contributed by atoms with van der Waals surface area (Å²) >= 11 is 1.65. The van der Waals surface area contributed by atoms with Crippen LogP contribution in [0.1, 0.15) is 43.3 Å². The Labute approximate surface area is 123 Å². The Bertz CT molecular complexity index is 533. The number of amides is 1. The molecule has 108 valence electrons. The minimum atomic E-state index is 0.0733. The highest BCUT2D eigenvalue weighted by atomic mass is 32.1. The summed E-state index contributed by atoms with van der Waals surface area (Å²) in [7, 11) is 0. The highest BCUT2D eigenvalue weighted by Gasteiger charge is 2.07. The second-order valence-corrected chi connectivity index (χ2v) is 5.90. The number of hydrogen-bond donors (Lipinski definition) is 1. The molecule has 5 nitrogen and oxygen atoms in total. The van der Waals surface area contributed by atoms with Crippen LogP contribution in [0, 0.1) is 0 Å². The van der Waals surface area contributed by atoms with E-state index in [2.05, 4.69) is 29.1 Å². The number of thiazole rings is 1. The number of rotatable bonds is 7. The Balaban J connectivity index is 1.66. The topological polar surface area (TPSA) is 59.8 Å². The summed E-state index contributed by atoms with van der Waals surface area (Å²) in [6.07, 6.45) is 6.76. The van der Waals surface area contributed by atoms with Crippen molar-refractivity contribution in [2.24, 2.45) is 0 Å². The fraction of sp³-hybridized carbons (Fsp3) is 0.500. The number of aryl methyl sites for hydroxylation is 1.